The average Bonchev–Trinajstić information content (AvgIpc) is 2.66. The first kappa shape index (κ1) is 13.1. The summed E-state index contributed by atoms with van der Waals surface area (Å²) in [7, 11) is 1.89. The second-order valence-electron chi connectivity index (χ2n) is 4.49. The molecule has 1 amide bonds. The Hall–Kier alpha value is -2.30. The van der Waals surface area contributed by atoms with Gasteiger partial charge in [0.25, 0.3) is 0 Å². The number of amides is 1. The molecule has 0 saturated carbocycles. The van der Waals surface area contributed by atoms with Gasteiger partial charge >= 0.3 is 0 Å². The molecule has 0 aliphatic carbocycles. The van der Waals surface area contributed by atoms with Crippen LogP contribution in [-0.4, -0.2) is 15.7 Å². The molecular formula is C14H18N4O. The number of aryl methyl sites for hydroxylation is 2. The minimum atomic E-state index is -0.0648. The number of carbonyl (C=O) groups is 1. The van der Waals surface area contributed by atoms with E-state index >= 15 is 0 Å². The van der Waals surface area contributed by atoms with E-state index in [9.17, 15) is 4.79 Å². The van der Waals surface area contributed by atoms with Gasteiger partial charge in [-0.25, -0.2) is 0 Å². The van der Waals surface area contributed by atoms with Gasteiger partial charge in [-0.3, -0.25) is 9.48 Å². The zero-order chi connectivity index (χ0) is 13.8. The molecule has 0 radical (unpaired) electrons. The van der Waals surface area contributed by atoms with Crippen molar-refractivity contribution < 1.29 is 4.79 Å². The fraction of sp³-hybridized carbons (Fsp3) is 0.286. The molecule has 100 valence electrons. The summed E-state index contributed by atoms with van der Waals surface area (Å²) in [6.07, 6.45) is 1.94. The smallest absolute Gasteiger partial charge is 0.221 e. The van der Waals surface area contributed by atoms with Crippen molar-refractivity contribution in [3.8, 4) is 0 Å². The molecular weight excluding hydrogens is 240 g/mol. The molecule has 0 fully saturated rings. The molecule has 0 spiro atoms. The first-order valence-corrected chi connectivity index (χ1v) is 6.16. The highest BCUT2D eigenvalue weighted by Gasteiger charge is 2.05. The van der Waals surface area contributed by atoms with Gasteiger partial charge in [-0.15, -0.1) is 0 Å². The van der Waals surface area contributed by atoms with Crippen molar-refractivity contribution in [3.05, 3.63) is 41.7 Å². The summed E-state index contributed by atoms with van der Waals surface area (Å²) in [6, 6.07) is 7.75. The lowest BCUT2D eigenvalue weighted by Gasteiger charge is -2.11. The van der Waals surface area contributed by atoms with E-state index < -0.39 is 0 Å². The largest absolute Gasteiger partial charge is 0.378 e. The SMILES string of the molecule is CC(=O)Nc1ccccc1CNc1cn(C)nc1C. The standard InChI is InChI=1S/C14H18N4O/c1-10-14(9-18(3)17-10)15-8-12-6-4-5-7-13(12)16-11(2)19/h4-7,9,15H,8H2,1-3H3,(H,16,19). The van der Waals surface area contributed by atoms with Gasteiger partial charge in [0, 0.05) is 32.4 Å². The van der Waals surface area contributed by atoms with Crippen LogP contribution in [0.5, 0.6) is 0 Å². The molecule has 5 heteroatoms. The summed E-state index contributed by atoms with van der Waals surface area (Å²) in [4.78, 5) is 11.2. The highest BCUT2D eigenvalue weighted by Crippen LogP contribution is 2.18. The van der Waals surface area contributed by atoms with Crippen LogP contribution in [0.3, 0.4) is 0 Å². The predicted octanol–water partition coefficient (Wildman–Crippen LogP) is 2.30. The van der Waals surface area contributed by atoms with Crippen molar-refractivity contribution in [1.29, 1.82) is 0 Å². The van der Waals surface area contributed by atoms with E-state index in [0.717, 1.165) is 22.6 Å². The van der Waals surface area contributed by atoms with Crippen molar-refractivity contribution >= 4 is 17.3 Å². The number of benzene rings is 1. The van der Waals surface area contributed by atoms with Gasteiger partial charge in [0.1, 0.15) is 0 Å². The van der Waals surface area contributed by atoms with Gasteiger partial charge in [-0.2, -0.15) is 5.10 Å². The third-order valence-corrected chi connectivity index (χ3v) is 2.81. The number of anilines is 2. The molecule has 0 aliphatic heterocycles. The van der Waals surface area contributed by atoms with Gasteiger partial charge in [0.05, 0.1) is 11.4 Å². The molecule has 19 heavy (non-hydrogen) atoms. The zero-order valence-electron chi connectivity index (χ0n) is 11.4. The van der Waals surface area contributed by atoms with E-state index in [0.29, 0.717) is 6.54 Å². The molecule has 1 aromatic heterocycles. The fourth-order valence-corrected chi connectivity index (χ4v) is 1.95. The minimum Gasteiger partial charge on any atom is -0.378 e. The first-order valence-electron chi connectivity index (χ1n) is 6.16. The minimum absolute atomic E-state index is 0.0648. The lowest BCUT2D eigenvalue weighted by atomic mass is 10.1. The lowest BCUT2D eigenvalue weighted by molar-refractivity contribution is -0.114. The normalized spacial score (nSPS) is 10.3. The third kappa shape index (κ3) is 3.34. The Kier molecular flexibility index (Phi) is 3.85. The topological polar surface area (TPSA) is 59.0 Å². The van der Waals surface area contributed by atoms with Crippen molar-refractivity contribution in [1.82, 2.24) is 9.78 Å². The monoisotopic (exact) mass is 258 g/mol. The number of hydrogen-bond donors (Lipinski definition) is 2. The maximum absolute atomic E-state index is 11.2. The Bertz CT molecular complexity index is 589. The number of nitrogens with zero attached hydrogens (tertiary/aromatic N) is 2. The van der Waals surface area contributed by atoms with Gasteiger partial charge in [0.15, 0.2) is 0 Å². The molecule has 2 rings (SSSR count). The molecule has 0 aliphatic rings. The van der Waals surface area contributed by atoms with Gasteiger partial charge in [-0.05, 0) is 18.6 Å². The summed E-state index contributed by atoms with van der Waals surface area (Å²) >= 11 is 0. The predicted molar refractivity (Wildman–Crippen MR) is 76.0 cm³/mol. The summed E-state index contributed by atoms with van der Waals surface area (Å²) < 4.78 is 1.78. The van der Waals surface area contributed by atoms with Crippen molar-refractivity contribution in [3.63, 3.8) is 0 Å². The maximum atomic E-state index is 11.2. The van der Waals surface area contributed by atoms with Crippen molar-refractivity contribution in [2.75, 3.05) is 10.6 Å². The Morgan fingerprint density at radius 3 is 2.68 bits per heavy atom. The first-order chi connectivity index (χ1) is 9.06. The van der Waals surface area contributed by atoms with Crippen LogP contribution >= 0.6 is 0 Å². The molecule has 0 saturated heterocycles. The van der Waals surface area contributed by atoms with Crippen LogP contribution in [0.15, 0.2) is 30.5 Å². The van der Waals surface area contributed by atoms with Gasteiger partial charge in [0.2, 0.25) is 5.91 Å². The highest BCUT2D eigenvalue weighted by atomic mass is 16.1. The highest BCUT2D eigenvalue weighted by molar-refractivity contribution is 5.89. The van der Waals surface area contributed by atoms with E-state index in [1.165, 1.54) is 6.92 Å². The molecule has 5 nitrogen and oxygen atoms in total. The van der Waals surface area contributed by atoms with E-state index in [1.54, 1.807) is 4.68 Å². The van der Waals surface area contributed by atoms with Crippen molar-refractivity contribution in [2.24, 2.45) is 7.05 Å². The molecule has 2 aromatic rings. The van der Waals surface area contributed by atoms with Crippen LogP contribution in [0.1, 0.15) is 18.2 Å². The fourth-order valence-electron chi connectivity index (χ4n) is 1.95. The summed E-state index contributed by atoms with van der Waals surface area (Å²) in [5.41, 5.74) is 3.84. The number of carbonyl (C=O) groups excluding carboxylic acids is 1. The Balaban J connectivity index is 2.11. The number of rotatable bonds is 4. The molecule has 1 heterocycles. The number of aromatic nitrogens is 2. The average molecular weight is 258 g/mol. The molecule has 0 unspecified atom stereocenters. The summed E-state index contributed by atoms with van der Waals surface area (Å²) in [5.74, 6) is -0.0648. The number of hydrogen-bond acceptors (Lipinski definition) is 3. The second kappa shape index (κ2) is 5.56. The second-order valence-corrected chi connectivity index (χ2v) is 4.49. The van der Waals surface area contributed by atoms with Crippen LogP contribution < -0.4 is 10.6 Å². The van der Waals surface area contributed by atoms with Crippen LogP contribution in [0.4, 0.5) is 11.4 Å². The molecule has 0 bridgehead atoms. The third-order valence-electron chi connectivity index (χ3n) is 2.81. The molecule has 1 aromatic carbocycles. The molecule has 0 atom stereocenters. The van der Waals surface area contributed by atoms with E-state index in [4.69, 9.17) is 0 Å². The summed E-state index contributed by atoms with van der Waals surface area (Å²) in [5, 5.41) is 10.4. The Labute approximate surface area is 112 Å². The molecule has 2 N–H and O–H groups in total. The van der Waals surface area contributed by atoms with E-state index in [2.05, 4.69) is 15.7 Å². The quantitative estimate of drug-likeness (QED) is 0.884. The number of para-hydroxylation sites is 1. The summed E-state index contributed by atoms with van der Waals surface area (Å²) in [6.45, 7) is 4.11. The Morgan fingerprint density at radius 1 is 1.32 bits per heavy atom. The van der Waals surface area contributed by atoms with E-state index in [1.807, 2.05) is 44.4 Å². The van der Waals surface area contributed by atoms with Crippen LogP contribution in [0.2, 0.25) is 0 Å². The van der Waals surface area contributed by atoms with Gasteiger partial charge < -0.3 is 10.6 Å². The van der Waals surface area contributed by atoms with E-state index in [-0.39, 0.29) is 5.91 Å². The maximum Gasteiger partial charge on any atom is 0.221 e. The van der Waals surface area contributed by atoms with Crippen LogP contribution in [0.25, 0.3) is 0 Å². The van der Waals surface area contributed by atoms with Gasteiger partial charge in [-0.1, -0.05) is 18.2 Å². The number of nitrogens with one attached hydrogen (secondary N) is 2. The lowest BCUT2D eigenvalue weighted by Crippen LogP contribution is -2.10. The Morgan fingerprint density at radius 2 is 2.05 bits per heavy atom. The zero-order valence-corrected chi connectivity index (χ0v) is 11.4. The van der Waals surface area contributed by atoms with Crippen LogP contribution in [0, 0.1) is 6.92 Å². The van der Waals surface area contributed by atoms with Crippen LogP contribution in [-0.2, 0) is 18.4 Å². The van der Waals surface area contributed by atoms with Crippen molar-refractivity contribution in [2.45, 2.75) is 20.4 Å².